The van der Waals surface area contributed by atoms with Crippen LogP contribution in [0.2, 0.25) is 10.0 Å². The lowest BCUT2D eigenvalue weighted by Crippen LogP contribution is -2.54. The summed E-state index contributed by atoms with van der Waals surface area (Å²) in [4.78, 5) is 29.4. The number of carbonyl (C=O) groups is 2. The van der Waals surface area contributed by atoms with Gasteiger partial charge in [0.25, 0.3) is 5.91 Å². The number of likely N-dealkylation sites (tertiary alicyclic amines) is 1. The summed E-state index contributed by atoms with van der Waals surface area (Å²) in [6, 6.07) is 12.4. The third-order valence-corrected chi connectivity index (χ3v) is 8.44. The normalized spacial score (nSPS) is 18.0. The van der Waals surface area contributed by atoms with E-state index in [0.717, 1.165) is 29.6 Å². The maximum absolute atomic E-state index is 13.1. The SMILES string of the molecule is O=C(Nc1cccc(Cl)c1Cl)N1CCC2(CC1)SCCN2C(=O)c1ccc(Br)cc1. The van der Waals surface area contributed by atoms with Crippen molar-refractivity contribution in [1.29, 1.82) is 0 Å². The molecule has 1 N–H and O–H groups in total. The molecule has 0 atom stereocenters. The molecule has 2 fully saturated rings. The average Bonchev–Trinajstić information content (AvgIpc) is 3.14. The van der Waals surface area contributed by atoms with Gasteiger partial charge in [-0.1, -0.05) is 45.2 Å². The van der Waals surface area contributed by atoms with E-state index in [9.17, 15) is 9.59 Å². The van der Waals surface area contributed by atoms with Crippen molar-refractivity contribution >= 4 is 68.5 Å². The molecule has 2 aliphatic rings. The van der Waals surface area contributed by atoms with E-state index in [4.69, 9.17) is 23.2 Å². The largest absolute Gasteiger partial charge is 0.324 e. The van der Waals surface area contributed by atoms with E-state index in [1.165, 1.54) is 0 Å². The number of amides is 3. The van der Waals surface area contributed by atoms with Gasteiger partial charge in [-0.05, 0) is 49.2 Å². The molecule has 0 bridgehead atoms. The van der Waals surface area contributed by atoms with Gasteiger partial charge in [0.2, 0.25) is 0 Å². The van der Waals surface area contributed by atoms with Crippen LogP contribution in [0.3, 0.4) is 0 Å². The predicted octanol–water partition coefficient (Wildman–Crippen LogP) is 5.97. The number of nitrogens with zero attached hydrogens (tertiary/aromatic N) is 2. The maximum Gasteiger partial charge on any atom is 0.321 e. The van der Waals surface area contributed by atoms with Gasteiger partial charge in [-0.15, -0.1) is 11.8 Å². The molecule has 2 aromatic carbocycles. The maximum atomic E-state index is 13.1. The van der Waals surface area contributed by atoms with Crippen LogP contribution in [-0.2, 0) is 0 Å². The number of nitrogens with one attached hydrogen (secondary N) is 1. The minimum Gasteiger partial charge on any atom is -0.324 e. The Morgan fingerprint density at radius 3 is 2.43 bits per heavy atom. The molecular weight excluding hydrogens is 509 g/mol. The van der Waals surface area contributed by atoms with Crippen molar-refractivity contribution in [3.63, 3.8) is 0 Å². The minimum absolute atomic E-state index is 0.0520. The summed E-state index contributed by atoms with van der Waals surface area (Å²) in [5, 5.41) is 3.58. The molecule has 3 amide bonds. The van der Waals surface area contributed by atoms with E-state index in [0.29, 0.717) is 34.4 Å². The molecular formula is C21H20BrCl2N3O2S. The van der Waals surface area contributed by atoms with Gasteiger partial charge in [0.15, 0.2) is 0 Å². The van der Waals surface area contributed by atoms with Gasteiger partial charge < -0.3 is 15.1 Å². The third-order valence-electron chi connectivity index (χ3n) is 5.54. The molecule has 30 heavy (non-hydrogen) atoms. The lowest BCUT2D eigenvalue weighted by Gasteiger charge is -2.44. The van der Waals surface area contributed by atoms with Gasteiger partial charge in [0.1, 0.15) is 0 Å². The van der Waals surface area contributed by atoms with E-state index in [-0.39, 0.29) is 16.8 Å². The van der Waals surface area contributed by atoms with E-state index in [1.807, 2.05) is 40.9 Å². The summed E-state index contributed by atoms with van der Waals surface area (Å²) in [5.74, 6) is 0.961. The fourth-order valence-corrected chi connectivity index (χ4v) is 5.98. The van der Waals surface area contributed by atoms with Crippen LogP contribution in [0.5, 0.6) is 0 Å². The zero-order valence-corrected chi connectivity index (χ0v) is 20.0. The molecule has 2 aromatic rings. The highest BCUT2D eigenvalue weighted by Crippen LogP contribution is 2.44. The second-order valence-corrected chi connectivity index (χ2v) is 10.4. The van der Waals surface area contributed by atoms with E-state index < -0.39 is 0 Å². The molecule has 0 radical (unpaired) electrons. The van der Waals surface area contributed by atoms with Gasteiger partial charge >= 0.3 is 6.03 Å². The number of piperidine rings is 1. The highest BCUT2D eigenvalue weighted by atomic mass is 79.9. The average molecular weight is 529 g/mol. The summed E-state index contributed by atoms with van der Waals surface area (Å²) in [7, 11) is 0. The Morgan fingerprint density at radius 2 is 1.73 bits per heavy atom. The molecule has 5 nitrogen and oxygen atoms in total. The molecule has 4 rings (SSSR count). The number of hydrogen-bond acceptors (Lipinski definition) is 3. The molecule has 2 heterocycles. The topological polar surface area (TPSA) is 52.7 Å². The Labute approximate surface area is 198 Å². The van der Waals surface area contributed by atoms with Crippen LogP contribution in [0, 0.1) is 0 Å². The fraction of sp³-hybridized carbons (Fsp3) is 0.333. The predicted molar refractivity (Wildman–Crippen MR) is 127 cm³/mol. The number of benzene rings is 2. The molecule has 0 unspecified atom stereocenters. The number of carbonyl (C=O) groups excluding carboxylic acids is 2. The first-order valence-corrected chi connectivity index (χ1v) is 12.1. The Hall–Kier alpha value is -1.41. The number of urea groups is 1. The van der Waals surface area contributed by atoms with E-state index in [1.54, 1.807) is 23.1 Å². The Kier molecular flexibility index (Phi) is 6.53. The van der Waals surface area contributed by atoms with Crippen molar-refractivity contribution in [2.45, 2.75) is 17.7 Å². The zero-order valence-electron chi connectivity index (χ0n) is 16.0. The monoisotopic (exact) mass is 527 g/mol. The first-order valence-electron chi connectivity index (χ1n) is 9.61. The molecule has 0 saturated carbocycles. The van der Waals surface area contributed by atoms with Crippen LogP contribution in [0.15, 0.2) is 46.9 Å². The summed E-state index contributed by atoms with van der Waals surface area (Å²) in [6.07, 6.45) is 1.47. The summed E-state index contributed by atoms with van der Waals surface area (Å²) in [5.41, 5.74) is 1.19. The van der Waals surface area contributed by atoms with Crippen LogP contribution in [0.4, 0.5) is 10.5 Å². The van der Waals surface area contributed by atoms with Crippen molar-refractivity contribution in [3.05, 3.63) is 62.5 Å². The minimum atomic E-state index is -0.255. The fourth-order valence-electron chi connectivity index (χ4n) is 3.91. The second-order valence-electron chi connectivity index (χ2n) is 7.28. The number of rotatable bonds is 2. The highest BCUT2D eigenvalue weighted by molar-refractivity contribution is 9.10. The van der Waals surface area contributed by atoms with Crippen molar-refractivity contribution in [2.24, 2.45) is 0 Å². The lowest BCUT2D eigenvalue weighted by molar-refractivity contribution is 0.0585. The van der Waals surface area contributed by atoms with Gasteiger partial charge in [-0.3, -0.25) is 4.79 Å². The molecule has 2 aliphatic heterocycles. The van der Waals surface area contributed by atoms with Crippen LogP contribution in [0.1, 0.15) is 23.2 Å². The zero-order chi connectivity index (χ0) is 21.3. The van der Waals surface area contributed by atoms with Crippen molar-refractivity contribution in [1.82, 2.24) is 9.80 Å². The molecule has 0 aliphatic carbocycles. The van der Waals surface area contributed by atoms with E-state index in [2.05, 4.69) is 21.2 Å². The summed E-state index contributed by atoms with van der Waals surface area (Å²) in [6.45, 7) is 1.87. The first kappa shape index (κ1) is 21.8. The van der Waals surface area contributed by atoms with Gasteiger partial charge in [-0.2, -0.15) is 0 Å². The molecule has 9 heteroatoms. The van der Waals surface area contributed by atoms with Crippen LogP contribution >= 0.6 is 50.9 Å². The summed E-state index contributed by atoms with van der Waals surface area (Å²) < 4.78 is 0.948. The van der Waals surface area contributed by atoms with Crippen molar-refractivity contribution < 1.29 is 9.59 Å². The smallest absolute Gasteiger partial charge is 0.321 e. The summed E-state index contributed by atoms with van der Waals surface area (Å²) >= 11 is 17.4. The van der Waals surface area contributed by atoms with Crippen molar-refractivity contribution in [3.8, 4) is 0 Å². The number of halogens is 3. The van der Waals surface area contributed by atoms with Crippen molar-refractivity contribution in [2.75, 3.05) is 30.7 Å². The van der Waals surface area contributed by atoms with Gasteiger partial charge in [0.05, 0.1) is 20.6 Å². The third kappa shape index (κ3) is 4.31. The first-order chi connectivity index (χ1) is 14.4. The van der Waals surface area contributed by atoms with Gasteiger partial charge in [-0.25, -0.2) is 4.79 Å². The molecule has 158 valence electrons. The highest BCUT2D eigenvalue weighted by Gasteiger charge is 2.47. The molecule has 2 saturated heterocycles. The standard InChI is InChI=1S/C21H20BrCl2N3O2S/c22-15-6-4-14(5-7-15)19(28)27-12-13-30-21(27)8-10-26(11-9-21)20(29)25-17-3-1-2-16(23)18(17)24/h1-7H,8-13H2,(H,25,29). The Balaban J connectivity index is 1.42. The number of hydrogen-bond donors (Lipinski definition) is 1. The lowest BCUT2D eigenvalue weighted by atomic mass is 10.0. The van der Waals surface area contributed by atoms with E-state index >= 15 is 0 Å². The van der Waals surface area contributed by atoms with Crippen LogP contribution in [0.25, 0.3) is 0 Å². The van der Waals surface area contributed by atoms with Gasteiger partial charge in [0, 0.05) is 35.4 Å². The number of anilines is 1. The number of thioether (sulfide) groups is 1. The van der Waals surface area contributed by atoms with Crippen LogP contribution in [-0.4, -0.2) is 52.0 Å². The Morgan fingerprint density at radius 1 is 1.03 bits per heavy atom. The second kappa shape index (κ2) is 8.99. The van der Waals surface area contributed by atoms with Crippen LogP contribution < -0.4 is 5.32 Å². The molecule has 1 spiro atoms. The molecule has 0 aromatic heterocycles. The quantitative estimate of drug-likeness (QED) is 0.522. The Bertz CT molecular complexity index is 965.